The Bertz CT molecular complexity index is 1060. The highest BCUT2D eigenvalue weighted by atomic mass is 19.1. The fourth-order valence-electron chi connectivity index (χ4n) is 3.72. The van der Waals surface area contributed by atoms with E-state index >= 15 is 0 Å². The van der Waals surface area contributed by atoms with Crippen LogP contribution in [0.3, 0.4) is 0 Å². The van der Waals surface area contributed by atoms with Crippen molar-refractivity contribution < 1.29 is 28.6 Å². The SMILES string of the molecule is CC(=O)NC[C@H]1CN(c2ccc(-c3cnc(N4CCN(C(=O)O)CC4)nc3)c(F)c2)C(=O)O1. The van der Waals surface area contributed by atoms with E-state index in [1.165, 1.54) is 35.2 Å². The molecular formula is C21H23FN6O5. The molecule has 0 saturated carbocycles. The Morgan fingerprint density at radius 3 is 2.52 bits per heavy atom. The van der Waals surface area contributed by atoms with E-state index in [-0.39, 0.29) is 24.6 Å². The third-order valence-electron chi connectivity index (χ3n) is 5.50. The van der Waals surface area contributed by atoms with E-state index in [1.807, 2.05) is 4.90 Å². The lowest BCUT2D eigenvalue weighted by atomic mass is 10.1. The zero-order chi connectivity index (χ0) is 23.5. The van der Waals surface area contributed by atoms with Gasteiger partial charge in [0, 0.05) is 56.6 Å². The summed E-state index contributed by atoms with van der Waals surface area (Å²) in [6.07, 6.45) is 0.959. The topological polar surface area (TPSA) is 128 Å². The van der Waals surface area contributed by atoms with Crippen molar-refractivity contribution in [2.45, 2.75) is 13.0 Å². The molecule has 0 radical (unpaired) electrons. The largest absolute Gasteiger partial charge is 0.465 e. The maximum Gasteiger partial charge on any atom is 0.414 e. The Hall–Kier alpha value is -3.96. The number of carboxylic acid groups (broad SMARTS) is 1. The molecule has 0 bridgehead atoms. The van der Waals surface area contributed by atoms with Crippen LogP contribution in [0, 0.1) is 5.82 Å². The Kier molecular flexibility index (Phi) is 6.24. The summed E-state index contributed by atoms with van der Waals surface area (Å²) < 4.78 is 20.1. The van der Waals surface area contributed by atoms with Crippen LogP contribution in [-0.4, -0.2) is 83.4 Å². The van der Waals surface area contributed by atoms with Gasteiger partial charge >= 0.3 is 12.2 Å². The fourth-order valence-corrected chi connectivity index (χ4v) is 3.72. The van der Waals surface area contributed by atoms with Crippen molar-refractivity contribution in [2.75, 3.05) is 49.1 Å². The molecule has 1 atom stereocenters. The number of nitrogens with one attached hydrogen (secondary N) is 1. The molecule has 2 aliphatic heterocycles. The number of cyclic esters (lactones) is 1. The van der Waals surface area contributed by atoms with Gasteiger partial charge in [-0.15, -0.1) is 0 Å². The van der Waals surface area contributed by atoms with Gasteiger partial charge < -0.3 is 25.0 Å². The van der Waals surface area contributed by atoms with Crippen LogP contribution in [0.15, 0.2) is 30.6 Å². The van der Waals surface area contributed by atoms with Gasteiger partial charge in [0.25, 0.3) is 0 Å². The van der Waals surface area contributed by atoms with Gasteiger partial charge in [-0.25, -0.2) is 23.9 Å². The van der Waals surface area contributed by atoms with Gasteiger partial charge in [-0.2, -0.15) is 0 Å². The van der Waals surface area contributed by atoms with E-state index in [9.17, 15) is 18.8 Å². The Balaban J connectivity index is 1.43. The first-order chi connectivity index (χ1) is 15.8. The number of amides is 3. The highest BCUT2D eigenvalue weighted by Gasteiger charge is 2.32. The Morgan fingerprint density at radius 1 is 1.21 bits per heavy atom. The second-order valence-electron chi connectivity index (χ2n) is 7.75. The van der Waals surface area contributed by atoms with Crippen molar-refractivity contribution in [3.63, 3.8) is 0 Å². The third kappa shape index (κ3) is 4.94. The highest BCUT2D eigenvalue weighted by molar-refractivity contribution is 5.90. The zero-order valence-corrected chi connectivity index (χ0v) is 17.9. The number of piperazine rings is 1. The van der Waals surface area contributed by atoms with Crippen molar-refractivity contribution in [2.24, 2.45) is 0 Å². The van der Waals surface area contributed by atoms with Crippen molar-refractivity contribution in [3.05, 3.63) is 36.4 Å². The summed E-state index contributed by atoms with van der Waals surface area (Å²) in [5, 5.41) is 11.6. The van der Waals surface area contributed by atoms with E-state index in [2.05, 4.69) is 15.3 Å². The molecule has 11 nitrogen and oxygen atoms in total. The van der Waals surface area contributed by atoms with E-state index in [0.29, 0.717) is 43.4 Å². The first-order valence-electron chi connectivity index (χ1n) is 10.4. The van der Waals surface area contributed by atoms with Crippen LogP contribution in [0.5, 0.6) is 0 Å². The first-order valence-corrected chi connectivity index (χ1v) is 10.4. The lowest BCUT2D eigenvalue weighted by Gasteiger charge is -2.33. The number of rotatable bonds is 5. The van der Waals surface area contributed by atoms with Gasteiger partial charge in [-0.05, 0) is 18.2 Å². The van der Waals surface area contributed by atoms with E-state index in [1.54, 1.807) is 12.1 Å². The molecule has 2 aliphatic rings. The number of carbonyl (C=O) groups is 3. The van der Waals surface area contributed by atoms with Crippen LogP contribution in [-0.2, 0) is 9.53 Å². The van der Waals surface area contributed by atoms with E-state index in [4.69, 9.17) is 9.84 Å². The number of benzene rings is 1. The molecule has 1 aromatic heterocycles. The number of carbonyl (C=O) groups excluding carboxylic acids is 2. The van der Waals surface area contributed by atoms with E-state index in [0.717, 1.165) is 0 Å². The summed E-state index contributed by atoms with van der Waals surface area (Å²) in [7, 11) is 0. The summed E-state index contributed by atoms with van der Waals surface area (Å²) in [4.78, 5) is 47.4. The van der Waals surface area contributed by atoms with Crippen molar-refractivity contribution >= 4 is 29.7 Å². The number of aromatic nitrogens is 2. The molecule has 2 N–H and O–H groups in total. The summed E-state index contributed by atoms with van der Waals surface area (Å²) in [6.45, 7) is 3.44. The first kappa shape index (κ1) is 22.2. The molecule has 12 heteroatoms. The van der Waals surface area contributed by atoms with Crippen LogP contribution in [0.1, 0.15) is 6.92 Å². The minimum absolute atomic E-state index is 0.188. The lowest BCUT2D eigenvalue weighted by molar-refractivity contribution is -0.119. The minimum atomic E-state index is -0.949. The van der Waals surface area contributed by atoms with Gasteiger partial charge in [0.15, 0.2) is 0 Å². The predicted octanol–water partition coefficient (Wildman–Crippen LogP) is 1.54. The minimum Gasteiger partial charge on any atom is -0.465 e. The Labute approximate surface area is 188 Å². The van der Waals surface area contributed by atoms with Crippen LogP contribution < -0.4 is 15.1 Å². The molecule has 0 aliphatic carbocycles. The molecular weight excluding hydrogens is 435 g/mol. The second kappa shape index (κ2) is 9.27. The molecule has 1 aromatic carbocycles. The lowest BCUT2D eigenvalue weighted by Crippen LogP contribution is -2.48. The Morgan fingerprint density at radius 2 is 1.91 bits per heavy atom. The van der Waals surface area contributed by atoms with Crippen LogP contribution in [0.4, 0.5) is 25.6 Å². The molecule has 2 fully saturated rings. The highest BCUT2D eigenvalue weighted by Crippen LogP contribution is 2.29. The number of anilines is 2. The van der Waals surface area contributed by atoms with E-state index < -0.39 is 24.1 Å². The molecule has 4 rings (SSSR count). The number of hydrogen-bond acceptors (Lipinski definition) is 7. The maximum atomic E-state index is 14.9. The summed E-state index contributed by atoms with van der Waals surface area (Å²) in [5.74, 6) is -0.321. The molecule has 2 aromatic rings. The van der Waals surface area contributed by atoms with Gasteiger partial charge in [0.1, 0.15) is 11.9 Å². The maximum absolute atomic E-state index is 14.9. The van der Waals surface area contributed by atoms with Crippen molar-refractivity contribution in [3.8, 4) is 11.1 Å². The molecule has 2 saturated heterocycles. The average Bonchev–Trinajstić information content (AvgIpc) is 3.18. The summed E-state index contributed by atoms with van der Waals surface area (Å²) >= 11 is 0. The van der Waals surface area contributed by atoms with Crippen LogP contribution >= 0.6 is 0 Å². The van der Waals surface area contributed by atoms with Crippen LogP contribution in [0.2, 0.25) is 0 Å². The summed E-state index contributed by atoms with van der Waals surface area (Å²) in [5.41, 5.74) is 1.10. The fraction of sp³-hybridized carbons (Fsp3) is 0.381. The zero-order valence-electron chi connectivity index (χ0n) is 17.9. The van der Waals surface area contributed by atoms with Gasteiger partial charge in [0.05, 0.1) is 18.8 Å². The quantitative estimate of drug-likeness (QED) is 0.691. The number of hydrogen-bond donors (Lipinski definition) is 2. The molecule has 3 heterocycles. The number of halogens is 1. The predicted molar refractivity (Wildman–Crippen MR) is 116 cm³/mol. The summed E-state index contributed by atoms with van der Waals surface area (Å²) in [6, 6.07) is 4.40. The number of nitrogens with zero attached hydrogens (tertiary/aromatic N) is 5. The standard InChI is InChI=1S/C21H23FN6O5/c1-13(29)23-11-16-12-28(21(32)33-16)15-2-3-17(18(22)8-15)14-9-24-19(25-10-14)26-4-6-27(7-5-26)20(30)31/h2-3,8-10,16H,4-7,11-12H2,1H3,(H,23,29)(H,30,31)/t16-/m0/s1. The van der Waals surface area contributed by atoms with Crippen LogP contribution in [0.25, 0.3) is 11.1 Å². The smallest absolute Gasteiger partial charge is 0.414 e. The second-order valence-corrected chi connectivity index (χ2v) is 7.75. The molecule has 33 heavy (non-hydrogen) atoms. The molecule has 174 valence electrons. The van der Waals surface area contributed by atoms with Gasteiger partial charge in [-0.1, -0.05) is 0 Å². The third-order valence-corrected chi connectivity index (χ3v) is 5.50. The number of ether oxygens (including phenoxy) is 1. The van der Waals surface area contributed by atoms with Gasteiger partial charge in [-0.3, -0.25) is 9.69 Å². The average molecular weight is 458 g/mol. The monoisotopic (exact) mass is 458 g/mol. The van der Waals surface area contributed by atoms with Crippen molar-refractivity contribution in [1.29, 1.82) is 0 Å². The molecule has 0 unspecified atom stereocenters. The normalized spacial score (nSPS) is 18.3. The van der Waals surface area contributed by atoms with Crippen molar-refractivity contribution in [1.82, 2.24) is 20.2 Å². The molecule has 0 spiro atoms. The molecule has 3 amide bonds. The van der Waals surface area contributed by atoms with Gasteiger partial charge in [0.2, 0.25) is 11.9 Å².